The maximum Gasteiger partial charge on any atom is 0.306 e. The fourth-order valence-corrected chi connectivity index (χ4v) is 6.96. The maximum atomic E-state index is 12.7. The summed E-state index contributed by atoms with van der Waals surface area (Å²) in [5.41, 5.74) is 0. The standard InChI is InChI=1S/C61H98O6/c1-4-7-10-13-16-18-20-22-24-25-26-27-28-29-30-31-32-33-34-35-37-38-40-42-45-48-51-54-60(63)66-57-58(56-65-59(62)53-50-47-44-15-12-9-6-3)67-61(64)55-52-49-46-43-41-39-36-23-21-19-17-14-11-8-5-2/h7-8,10-11,16-19,22-24,26-27,29-30,32-33,36,41,43,58H,4-6,9,12-15,20-21,25,28,31,34-35,37-40,42,44-57H2,1-3H3/b10-7-,11-8-,18-16-,19-17-,24-22-,27-26-,30-29-,33-32-,36-23-,43-41-. The van der Waals surface area contributed by atoms with E-state index in [9.17, 15) is 14.4 Å². The Labute approximate surface area is 412 Å². The predicted octanol–water partition coefficient (Wildman–Crippen LogP) is 18.1. The van der Waals surface area contributed by atoms with Crippen LogP contribution in [0.15, 0.2) is 122 Å². The monoisotopic (exact) mass is 927 g/mol. The van der Waals surface area contributed by atoms with Crippen molar-refractivity contribution in [2.45, 2.75) is 232 Å². The Morgan fingerprint density at radius 2 is 0.582 bits per heavy atom. The Bertz CT molecular complexity index is 1440. The van der Waals surface area contributed by atoms with Crippen molar-refractivity contribution in [3.63, 3.8) is 0 Å². The molecule has 0 amide bonds. The predicted molar refractivity (Wildman–Crippen MR) is 288 cm³/mol. The van der Waals surface area contributed by atoms with Gasteiger partial charge in [-0.3, -0.25) is 14.4 Å². The van der Waals surface area contributed by atoms with Crippen molar-refractivity contribution in [1.82, 2.24) is 0 Å². The van der Waals surface area contributed by atoms with Gasteiger partial charge in [0.1, 0.15) is 13.2 Å². The van der Waals surface area contributed by atoms with Gasteiger partial charge in [-0.05, 0) is 109 Å². The second kappa shape index (κ2) is 54.4. The van der Waals surface area contributed by atoms with Crippen LogP contribution in [0, 0.1) is 0 Å². The minimum atomic E-state index is -0.803. The van der Waals surface area contributed by atoms with Crippen molar-refractivity contribution in [3.05, 3.63) is 122 Å². The first-order chi connectivity index (χ1) is 33.0. The van der Waals surface area contributed by atoms with Crippen LogP contribution in [0.2, 0.25) is 0 Å². The van der Waals surface area contributed by atoms with Gasteiger partial charge in [-0.1, -0.05) is 219 Å². The van der Waals surface area contributed by atoms with E-state index in [0.29, 0.717) is 19.3 Å². The molecule has 1 unspecified atom stereocenters. The molecular formula is C61H98O6. The van der Waals surface area contributed by atoms with Gasteiger partial charge in [0, 0.05) is 19.3 Å². The summed E-state index contributed by atoms with van der Waals surface area (Å²) in [6, 6.07) is 0. The molecule has 0 spiro atoms. The van der Waals surface area contributed by atoms with Crippen LogP contribution in [0.5, 0.6) is 0 Å². The number of rotatable bonds is 47. The number of hydrogen-bond acceptors (Lipinski definition) is 6. The first-order valence-electron chi connectivity index (χ1n) is 27.0. The SMILES string of the molecule is CC/C=C\C/C=C\C/C=C\C/C=C\C/C=C\C/C=C\CCCCCCCCCCC(=O)OCC(COC(=O)CCCCCCCCC)OC(=O)CCCC/C=C\C/C=C\C/C=C\C/C=C\CC. The molecule has 0 heterocycles. The molecule has 0 bridgehead atoms. The zero-order chi connectivity index (χ0) is 48.6. The van der Waals surface area contributed by atoms with Crippen molar-refractivity contribution >= 4 is 17.9 Å². The molecule has 0 aromatic rings. The van der Waals surface area contributed by atoms with Gasteiger partial charge in [0.2, 0.25) is 0 Å². The highest BCUT2D eigenvalue weighted by molar-refractivity contribution is 5.71. The van der Waals surface area contributed by atoms with E-state index in [1.54, 1.807) is 0 Å². The van der Waals surface area contributed by atoms with Crippen LogP contribution in [-0.4, -0.2) is 37.2 Å². The average Bonchev–Trinajstić information content (AvgIpc) is 3.33. The van der Waals surface area contributed by atoms with Gasteiger partial charge in [-0.2, -0.15) is 0 Å². The molecule has 1 atom stereocenters. The number of carbonyl (C=O) groups excluding carboxylic acids is 3. The quantitative estimate of drug-likeness (QED) is 0.0262. The van der Waals surface area contributed by atoms with Gasteiger partial charge in [0.05, 0.1) is 0 Å². The molecule has 0 aliphatic heterocycles. The lowest BCUT2D eigenvalue weighted by molar-refractivity contribution is -0.167. The molecule has 0 aromatic heterocycles. The summed E-state index contributed by atoms with van der Waals surface area (Å²) < 4.78 is 16.7. The number of esters is 3. The summed E-state index contributed by atoms with van der Waals surface area (Å²) in [5, 5.41) is 0. The Kier molecular flexibility index (Phi) is 51.0. The first-order valence-corrected chi connectivity index (χ1v) is 27.0. The van der Waals surface area contributed by atoms with E-state index in [0.717, 1.165) is 122 Å². The van der Waals surface area contributed by atoms with Crippen LogP contribution in [0.3, 0.4) is 0 Å². The molecule has 6 nitrogen and oxygen atoms in total. The third kappa shape index (κ3) is 52.6. The number of allylic oxidation sites excluding steroid dienone is 20. The van der Waals surface area contributed by atoms with Crippen molar-refractivity contribution in [3.8, 4) is 0 Å². The summed E-state index contributed by atoms with van der Waals surface area (Å²) in [4.78, 5) is 37.8. The van der Waals surface area contributed by atoms with Crippen LogP contribution in [0.4, 0.5) is 0 Å². The minimum Gasteiger partial charge on any atom is -0.462 e. The smallest absolute Gasteiger partial charge is 0.306 e. The molecule has 0 aliphatic rings. The molecule has 0 N–H and O–H groups in total. The Hall–Kier alpha value is -4.19. The number of unbranched alkanes of at least 4 members (excludes halogenated alkanes) is 16. The van der Waals surface area contributed by atoms with Gasteiger partial charge in [-0.15, -0.1) is 0 Å². The molecule has 378 valence electrons. The van der Waals surface area contributed by atoms with Gasteiger partial charge in [0.15, 0.2) is 6.10 Å². The average molecular weight is 927 g/mol. The Morgan fingerprint density at radius 1 is 0.313 bits per heavy atom. The molecule has 0 rings (SSSR count). The normalized spacial score (nSPS) is 13.1. The zero-order valence-corrected chi connectivity index (χ0v) is 43.1. The zero-order valence-electron chi connectivity index (χ0n) is 43.1. The second-order valence-electron chi connectivity index (χ2n) is 17.4. The van der Waals surface area contributed by atoms with E-state index in [4.69, 9.17) is 14.2 Å². The van der Waals surface area contributed by atoms with E-state index in [1.165, 1.54) is 57.8 Å². The Balaban J connectivity index is 4.26. The van der Waals surface area contributed by atoms with Crippen LogP contribution in [0.1, 0.15) is 226 Å². The number of hydrogen-bond donors (Lipinski definition) is 0. The van der Waals surface area contributed by atoms with E-state index in [2.05, 4.69) is 142 Å². The lowest BCUT2D eigenvalue weighted by Crippen LogP contribution is -2.30. The van der Waals surface area contributed by atoms with Crippen LogP contribution in [-0.2, 0) is 28.6 Å². The second-order valence-corrected chi connectivity index (χ2v) is 17.4. The van der Waals surface area contributed by atoms with Gasteiger partial charge in [-0.25, -0.2) is 0 Å². The van der Waals surface area contributed by atoms with Gasteiger partial charge in [0.25, 0.3) is 0 Å². The van der Waals surface area contributed by atoms with Crippen molar-refractivity contribution in [2.24, 2.45) is 0 Å². The summed E-state index contributed by atoms with van der Waals surface area (Å²) in [6.45, 7) is 6.31. The van der Waals surface area contributed by atoms with Gasteiger partial charge >= 0.3 is 17.9 Å². The topological polar surface area (TPSA) is 78.9 Å². The summed E-state index contributed by atoms with van der Waals surface area (Å²) in [5.74, 6) is -0.963. The molecule has 6 heteroatoms. The summed E-state index contributed by atoms with van der Waals surface area (Å²) in [6.07, 6.45) is 75.0. The molecule has 0 saturated heterocycles. The van der Waals surface area contributed by atoms with E-state index < -0.39 is 6.10 Å². The molecule has 0 aromatic carbocycles. The fourth-order valence-electron chi connectivity index (χ4n) is 6.96. The third-order valence-corrected chi connectivity index (χ3v) is 11.0. The van der Waals surface area contributed by atoms with Crippen molar-refractivity contribution in [2.75, 3.05) is 13.2 Å². The molecule has 0 saturated carbocycles. The van der Waals surface area contributed by atoms with Crippen LogP contribution < -0.4 is 0 Å². The summed E-state index contributed by atoms with van der Waals surface area (Å²) >= 11 is 0. The number of ether oxygens (including phenoxy) is 3. The lowest BCUT2D eigenvalue weighted by Gasteiger charge is -2.18. The van der Waals surface area contributed by atoms with Gasteiger partial charge < -0.3 is 14.2 Å². The third-order valence-electron chi connectivity index (χ3n) is 11.0. The van der Waals surface area contributed by atoms with E-state index in [1.807, 2.05) is 0 Å². The highest BCUT2D eigenvalue weighted by Gasteiger charge is 2.19. The van der Waals surface area contributed by atoms with Crippen LogP contribution >= 0.6 is 0 Å². The lowest BCUT2D eigenvalue weighted by atomic mass is 10.1. The highest BCUT2D eigenvalue weighted by atomic mass is 16.6. The highest BCUT2D eigenvalue weighted by Crippen LogP contribution is 2.13. The molecule has 67 heavy (non-hydrogen) atoms. The van der Waals surface area contributed by atoms with Crippen LogP contribution in [0.25, 0.3) is 0 Å². The maximum absolute atomic E-state index is 12.7. The fraction of sp³-hybridized carbons (Fsp3) is 0.623. The Morgan fingerprint density at radius 3 is 0.940 bits per heavy atom. The largest absolute Gasteiger partial charge is 0.462 e. The van der Waals surface area contributed by atoms with Crippen molar-refractivity contribution in [1.29, 1.82) is 0 Å². The number of carbonyl (C=O) groups is 3. The first kappa shape index (κ1) is 62.8. The molecule has 0 radical (unpaired) electrons. The van der Waals surface area contributed by atoms with E-state index in [-0.39, 0.29) is 37.5 Å². The summed E-state index contributed by atoms with van der Waals surface area (Å²) in [7, 11) is 0. The molecule has 0 fully saturated rings. The minimum absolute atomic E-state index is 0.0995. The molecular weight excluding hydrogens is 829 g/mol. The van der Waals surface area contributed by atoms with Crippen molar-refractivity contribution < 1.29 is 28.6 Å². The van der Waals surface area contributed by atoms with E-state index >= 15 is 0 Å². The molecule has 0 aliphatic carbocycles.